The smallest absolute Gasteiger partial charge is 0.251 e. The van der Waals surface area contributed by atoms with Gasteiger partial charge in [0.1, 0.15) is 5.75 Å². The molecule has 3 aromatic carbocycles. The molecule has 0 fully saturated rings. The van der Waals surface area contributed by atoms with Crippen molar-refractivity contribution in [2.45, 2.75) is 6.04 Å². The van der Waals surface area contributed by atoms with E-state index in [1.807, 2.05) is 48.5 Å². The van der Waals surface area contributed by atoms with Crippen LogP contribution in [-0.4, -0.2) is 35.4 Å². The maximum absolute atomic E-state index is 12.7. The van der Waals surface area contributed by atoms with E-state index in [4.69, 9.17) is 4.74 Å². The molecule has 1 atom stereocenters. The van der Waals surface area contributed by atoms with Gasteiger partial charge in [-0.05, 0) is 41.5 Å². The molecular weight excluding hydrogens is 392 g/mol. The van der Waals surface area contributed by atoms with E-state index in [0.717, 1.165) is 22.2 Å². The third-order valence-electron chi connectivity index (χ3n) is 4.96. The number of H-pyrrole nitrogens is 1. The first-order chi connectivity index (χ1) is 15.1. The minimum atomic E-state index is -0.366. The van der Waals surface area contributed by atoms with Gasteiger partial charge in [-0.25, -0.2) is 4.98 Å². The predicted octanol–water partition coefficient (Wildman–Crippen LogP) is 3.21. The lowest BCUT2D eigenvalue weighted by atomic mass is 9.98. The molecule has 0 aliphatic rings. The van der Waals surface area contributed by atoms with Crippen LogP contribution < -0.4 is 15.4 Å². The Morgan fingerprint density at radius 1 is 1.00 bits per heavy atom. The molecule has 0 aliphatic carbocycles. The highest BCUT2D eigenvalue weighted by Gasteiger charge is 2.18. The first-order valence-corrected chi connectivity index (χ1v) is 9.83. The number of imidazole rings is 1. The summed E-state index contributed by atoms with van der Waals surface area (Å²) in [6.07, 6.45) is 1.64. The molecular formula is C24H22N4O3. The Morgan fingerprint density at radius 3 is 2.65 bits per heavy atom. The van der Waals surface area contributed by atoms with Crippen LogP contribution in [0.2, 0.25) is 0 Å². The van der Waals surface area contributed by atoms with Gasteiger partial charge >= 0.3 is 0 Å². The quantitative estimate of drug-likeness (QED) is 0.433. The molecule has 0 saturated heterocycles. The average Bonchev–Trinajstić information content (AvgIpc) is 3.29. The largest absolute Gasteiger partial charge is 0.497 e. The van der Waals surface area contributed by atoms with Gasteiger partial charge in [-0.15, -0.1) is 0 Å². The summed E-state index contributed by atoms with van der Waals surface area (Å²) >= 11 is 0. The Bertz CT molecular complexity index is 1200. The van der Waals surface area contributed by atoms with E-state index < -0.39 is 0 Å². The molecule has 4 rings (SSSR count). The van der Waals surface area contributed by atoms with Crippen LogP contribution >= 0.6 is 0 Å². The van der Waals surface area contributed by atoms with Gasteiger partial charge in [-0.1, -0.05) is 42.5 Å². The number of benzene rings is 3. The molecule has 156 valence electrons. The van der Waals surface area contributed by atoms with Gasteiger partial charge in [0.05, 0.1) is 37.1 Å². The van der Waals surface area contributed by atoms with Crippen LogP contribution in [0, 0.1) is 0 Å². The van der Waals surface area contributed by atoms with Crippen molar-refractivity contribution in [2.75, 3.05) is 13.7 Å². The normalized spacial score (nSPS) is 11.6. The van der Waals surface area contributed by atoms with Gasteiger partial charge in [0.2, 0.25) is 5.91 Å². The second-order valence-electron chi connectivity index (χ2n) is 7.00. The van der Waals surface area contributed by atoms with Gasteiger partial charge in [-0.3, -0.25) is 9.59 Å². The van der Waals surface area contributed by atoms with Crippen molar-refractivity contribution in [3.63, 3.8) is 0 Å². The van der Waals surface area contributed by atoms with Crippen LogP contribution in [0.25, 0.3) is 11.0 Å². The minimum absolute atomic E-state index is 0.147. The van der Waals surface area contributed by atoms with Crippen LogP contribution in [0.15, 0.2) is 79.1 Å². The summed E-state index contributed by atoms with van der Waals surface area (Å²) in [5.41, 5.74) is 4.02. The highest BCUT2D eigenvalue weighted by Crippen LogP contribution is 2.24. The number of aromatic nitrogens is 2. The number of aromatic amines is 1. The van der Waals surface area contributed by atoms with Gasteiger partial charge in [0.15, 0.2) is 0 Å². The zero-order valence-corrected chi connectivity index (χ0v) is 17.0. The van der Waals surface area contributed by atoms with E-state index in [9.17, 15) is 9.59 Å². The lowest BCUT2D eigenvalue weighted by Crippen LogP contribution is -2.39. The molecule has 1 unspecified atom stereocenters. The molecule has 31 heavy (non-hydrogen) atoms. The van der Waals surface area contributed by atoms with Crippen molar-refractivity contribution in [1.29, 1.82) is 0 Å². The molecule has 0 radical (unpaired) electrons. The minimum Gasteiger partial charge on any atom is -0.497 e. The summed E-state index contributed by atoms with van der Waals surface area (Å²) in [6, 6.07) is 21.9. The number of rotatable bonds is 7. The molecule has 0 aliphatic heterocycles. The molecule has 7 heteroatoms. The van der Waals surface area contributed by atoms with Crippen molar-refractivity contribution in [3.05, 3.63) is 95.8 Å². The zero-order chi connectivity index (χ0) is 21.6. The van der Waals surface area contributed by atoms with Gasteiger partial charge in [0.25, 0.3) is 5.91 Å². The Kier molecular flexibility index (Phi) is 5.93. The molecule has 3 N–H and O–H groups in total. The summed E-state index contributed by atoms with van der Waals surface area (Å²) in [4.78, 5) is 32.4. The fraction of sp³-hybridized carbons (Fsp3) is 0.125. The topological polar surface area (TPSA) is 96.1 Å². The summed E-state index contributed by atoms with van der Waals surface area (Å²) in [7, 11) is 1.54. The lowest BCUT2D eigenvalue weighted by molar-refractivity contribution is -0.120. The Balaban J connectivity index is 1.48. The zero-order valence-electron chi connectivity index (χ0n) is 17.0. The van der Waals surface area contributed by atoms with E-state index in [1.54, 1.807) is 30.6 Å². The first-order valence-electron chi connectivity index (χ1n) is 9.83. The van der Waals surface area contributed by atoms with Crippen molar-refractivity contribution in [2.24, 2.45) is 0 Å². The van der Waals surface area contributed by atoms with Crippen LogP contribution in [0.5, 0.6) is 5.75 Å². The van der Waals surface area contributed by atoms with E-state index >= 15 is 0 Å². The Labute approximate surface area is 179 Å². The average molecular weight is 414 g/mol. The number of nitrogens with one attached hydrogen (secondary N) is 3. The fourth-order valence-corrected chi connectivity index (χ4v) is 3.38. The van der Waals surface area contributed by atoms with Crippen molar-refractivity contribution < 1.29 is 14.3 Å². The second kappa shape index (κ2) is 9.13. The molecule has 0 saturated carbocycles. The van der Waals surface area contributed by atoms with Crippen LogP contribution in [0.1, 0.15) is 27.5 Å². The van der Waals surface area contributed by atoms with E-state index in [2.05, 4.69) is 20.6 Å². The summed E-state index contributed by atoms with van der Waals surface area (Å²) in [6.45, 7) is -0.147. The van der Waals surface area contributed by atoms with E-state index in [-0.39, 0.29) is 24.4 Å². The number of carbonyl (C=O) groups is 2. The monoisotopic (exact) mass is 414 g/mol. The molecule has 1 aromatic heterocycles. The third kappa shape index (κ3) is 4.72. The number of fused-ring (bicyclic) bond motifs is 1. The Hall–Kier alpha value is -4.13. The fourth-order valence-electron chi connectivity index (χ4n) is 3.38. The molecule has 2 amide bonds. The number of ether oxygens (including phenoxy) is 1. The van der Waals surface area contributed by atoms with Gasteiger partial charge in [0, 0.05) is 5.56 Å². The number of amides is 2. The third-order valence-corrected chi connectivity index (χ3v) is 4.96. The summed E-state index contributed by atoms with van der Waals surface area (Å²) in [5, 5.41) is 5.68. The van der Waals surface area contributed by atoms with Crippen molar-refractivity contribution in [1.82, 2.24) is 20.6 Å². The number of carbonyl (C=O) groups excluding carboxylic acids is 2. The molecule has 1 heterocycles. The second-order valence-corrected chi connectivity index (χ2v) is 7.00. The standard InChI is InChI=1S/C24H22N4O3/c1-31-19-9-5-8-18(12-19)24(30)25-14-22(29)28-23(16-6-3-2-4-7-16)17-10-11-20-21(13-17)27-15-26-20/h2-13,15,23H,14H2,1H3,(H,25,30)(H,26,27)(H,28,29). The van der Waals surface area contributed by atoms with Crippen LogP contribution in [-0.2, 0) is 4.79 Å². The molecule has 0 bridgehead atoms. The highest BCUT2D eigenvalue weighted by molar-refractivity contribution is 5.96. The maximum atomic E-state index is 12.7. The molecule has 7 nitrogen and oxygen atoms in total. The number of hydrogen-bond acceptors (Lipinski definition) is 4. The highest BCUT2D eigenvalue weighted by atomic mass is 16.5. The van der Waals surface area contributed by atoms with Gasteiger partial charge in [-0.2, -0.15) is 0 Å². The van der Waals surface area contributed by atoms with Crippen molar-refractivity contribution >= 4 is 22.8 Å². The summed E-state index contributed by atoms with van der Waals surface area (Å²) < 4.78 is 5.14. The molecule has 0 spiro atoms. The Morgan fingerprint density at radius 2 is 1.84 bits per heavy atom. The van der Waals surface area contributed by atoms with E-state index in [1.165, 1.54) is 7.11 Å². The number of hydrogen-bond donors (Lipinski definition) is 3. The predicted molar refractivity (Wildman–Crippen MR) is 118 cm³/mol. The van der Waals surface area contributed by atoms with Crippen molar-refractivity contribution in [3.8, 4) is 5.75 Å². The number of nitrogens with zero attached hydrogens (tertiary/aromatic N) is 1. The maximum Gasteiger partial charge on any atom is 0.251 e. The van der Waals surface area contributed by atoms with E-state index in [0.29, 0.717) is 11.3 Å². The number of methoxy groups -OCH3 is 1. The first kappa shape index (κ1) is 20.2. The lowest BCUT2D eigenvalue weighted by Gasteiger charge is -2.20. The van der Waals surface area contributed by atoms with Crippen LogP contribution in [0.3, 0.4) is 0 Å². The summed E-state index contributed by atoms with van der Waals surface area (Å²) in [5.74, 6) is -0.0607. The van der Waals surface area contributed by atoms with Gasteiger partial charge < -0.3 is 20.4 Å². The van der Waals surface area contributed by atoms with Crippen LogP contribution in [0.4, 0.5) is 0 Å². The SMILES string of the molecule is COc1cccc(C(=O)NCC(=O)NC(c2ccccc2)c2ccc3nc[nH]c3c2)c1. The molecule has 4 aromatic rings.